The SMILES string of the molecule is Nc1ncnc2c1c(-c1ccc3c(c1)CCN3C(=O)Cc1cccc(OC(F)(F)F)c1)cn2CCCNC(=O)CCOCCOCCOCCNc1cccc2c1C(=O)N(C1CCC(=O)NC1=O)C2=O. The van der Waals surface area contributed by atoms with Crippen LogP contribution in [0, 0.1) is 0 Å². The van der Waals surface area contributed by atoms with Crippen LogP contribution in [0.3, 0.4) is 0 Å². The minimum atomic E-state index is -4.84. The molecule has 1 saturated heterocycles. The molecule has 1 unspecified atom stereocenters. The van der Waals surface area contributed by atoms with Gasteiger partial charge in [0.05, 0.1) is 62.6 Å². The average Bonchev–Trinajstić information content (AvgIpc) is 4.00. The summed E-state index contributed by atoms with van der Waals surface area (Å²) < 4.78 is 60.9. The van der Waals surface area contributed by atoms with Crippen LogP contribution in [0.5, 0.6) is 5.75 Å². The van der Waals surface area contributed by atoms with Crippen molar-refractivity contribution < 1.29 is 60.9 Å². The highest BCUT2D eigenvalue weighted by Crippen LogP contribution is 2.38. The molecule has 5 heterocycles. The lowest BCUT2D eigenvalue weighted by atomic mass is 10.0. The van der Waals surface area contributed by atoms with Crippen LogP contribution in [0.1, 0.15) is 57.5 Å². The van der Waals surface area contributed by atoms with Gasteiger partial charge >= 0.3 is 6.36 Å². The van der Waals surface area contributed by atoms with Gasteiger partial charge in [-0.1, -0.05) is 24.3 Å². The molecule has 0 bridgehead atoms. The molecule has 0 radical (unpaired) electrons. The number of fused-ring (bicyclic) bond motifs is 3. The number of ether oxygens (including phenoxy) is 4. The quantitative estimate of drug-likeness (QED) is 0.0563. The van der Waals surface area contributed by atoms with Crippen LogP contribution < -0.4 is 31.3 Å². The normalized spacial score (nSPS) is 15.6. The van der Waals surface area contributed by atoms with E-state index in [1.807, 2.05) is 29.0 Å². The highest BCUT2D eigenvalue weighted by Gasteiger charge is 2.45. The third-order valence-electron chi connectivity index (χ3n) is 11.9. The van der Waals surface area contributed by atoms with Crippen LogP contribution in [0.2, 0.25) is 0 Å². The third kappa shape index (κ3) is 11.5. The number of piperidine rings is 1. The zero-order valence-corrected chi connectivity index (χ0v) is 37.8. The first kappa shape index (κ1) is 49.0. The fourth-order valence-corrected chi connectivity index (χ4v) is 8.68. The number of nitrogen functional groups attached to an aromatic ring is 1. The molecule has 0 aliphatic carbocycles. The summed E-state index contributed by atoms with van der Waals surface area (Å²) in [5.41, 5.74) is 11.5. The summed E-state index contributed by atoms with van der Waals surface area (Å²) in [5.74, 6) is -2.77. The average molecular weight is 970 g/mol. The largest absolute Gasteiger partial charge is 0.573 e. The second-order valence-corrected chi connectivity index (χ2v) is 16.6. The van der Waals surface area contributed by atoms with Gasteiger partial charge in [-0.05, 0) is 72.4 Å². The number of amides is 6. The number of nitrogens with zero attached hydrogens (tertiary/aromatic N) is 5. The number of nitrogens with two attached hydrogens (primary N) is 1. The van der Waals surface area contributed by atoms with Crippen LogP contribution in [-0.4, -0.2) is 127 Å². The number of imide groups is 2. The Labute approximate surface area is 398 Å². The maximum Gasteiger partial charge on any atom is 0.573 e. The minimum absolute atomic E-state index is 0.0384. The van der Waals surface area contributed by atoms with Crippen LogP contribution in [0.15, 0.2) is 73.2 Å². The fraction of sp³-hybridized carbons (Fsp3) is 0.375. The topological polar surface area (TPSA) is 239 Å². The summed E-state index contributed by atoms with van der Waals surface area (Å²) in [7, 11) is 0. The van der Waals surface area contributed by atoms with Crippen molar-refractivity contribution in [2.24, 2.45) is 0 Å². The fourth-order valence-electron chi connectivity index (χ4n) is 8.68. The Balaban J connectivity index is 0.705. The molecule has 19 nitrogen and oxygen atoms in total. The van der Waals surface area contributed by atoms with Gasteiger partial charge in [0.2, 0.25) is 23.6 Å². The van der Waals surface area contributed by atoms with Gasteiger partial charge < -0.3 is 44.8 Å². The maximum absolute atomic E-state index is 13.3. The van der Waals surface area contributed by atoms with Gasteiger partial charge in [-0.3, -0.25) is 39.0 Å². The van der Waals surface area contributed by atoms with Crippen molar-refractivity contribution in [1.82, 2.24) is 30.1 Å². The van der Waals surface area contributed by atoms with Gasteiger partial charge in [0.15, 0.2) is 0 Å². The molecule has 22 heteroatoms. The second kappa shape index (κ2) is 21.9. The van der Waals surface area contributed by atoms with Crippen molar-refractivity contribution in [3.05, 3.63) is 95.4 Å². The van der Waals surface area contributed by atoms with E-state index in [4.69, 9.17) is 19.9 Å². The molecule has 70 heavy (non-hydrogen) atoms. The molecular formula is C48H50F3N9O10. The standard InChI is InChI=1S/C48H50F3N9O10/c49-48(50,51)70-32-5-1-4-29(24-32)25-40(63)59-17-12-31-26-30(8-9-36(31)59)34-27-58(44-42(34)43(52)55-28-56-44)16-3-14-54-38(61)13-18-67-20-22-69-23-21-68-19-15-53-35-7-2-6-33-41(35)47(66)60(46(33)65)37-10-11-39(62)57-45(37)64/h1-2,4-9,24,26-28,37,53H,3,10-23,25H2,(H,54,61)(H2,52,55,56)(H,57,62,64). The summed E-state index contributed by atoms with van der Waals surface area (Å²) >= 11 is 0. The first-order valence-electron chi connectivity index (χ1n) is 22.7. The molecule has 5 N–H and O–H groups in total. The number of aryl methyl sites for hydroxylation is 1. The number of alkyl halides is 3. The number of carbonyl (C=O) groups is 6. The number of hydrogen-bond acceptors (Lipinski definition) is 14. The predicted molar refractivity (Wildman–Crippen MR) is 247 cm³/mol. The molecule has 5 aromatic rings. The number of aromatic nitrogens is 3. The van der Waals surface area contributed by atoms with Crippen molar-refractivity contribution in [3.63, 3.8) is 0 Å². The number of halogens is 3. The van der Waals surface area contributed by atoms with E-state index < -0.39 is 36.0 Å². The zero-order chi connectivity index (χ0) is 49.4. The van der Waals surface area contributed by atoms with Gasteiger partial charge in [-0.2, -0.15) is 0 Å². The molecule has 0 saturated carbocycles. The van der Waals surface area contributed by atoms with Crippen LogP contribution >= 0.6 is 0 Å². The Kier molecular flexibility index (Phi) is 15.3. The molecule has 368 valence electrons. The molecule has 2 aromatic heterocycles. The number of hydrogen-bond donors (Lipinski definition) is 4. The minimum Gasteiger partial charge on any atom is -0.406 e. The van der Waals surface area contributed by atoms with E-state index >= 15 is 0 Å². The summed E-state index contributed by atoms with van der Waals surface area (Å²) in [6.45, 7) is 3.37. The number of carbonyl (C=O) groups excluding carboxylic acids is 6. The van der Waals surface area contributed by atoms with Crippen molar-refractivity contribution in [3.8, 4) is 16.9 Å². The Morgan fingerprint density at radius 1 is 0.857 bits per heavy atom. The summed E-state index contributed by atoms with van der Waals surface area (Å²) in [6, 6.07) is 14.9. The van der Waals surface area contributed by atoms with Crippen LogP contribution in [-0.2, 0) is 52.8 Å². The maximum atomic E-state index is 13.3. The summed E-state index contributed by atoms with van der Waals surface area (Å²) in [6.07, 6.45) is -0.132. The van der Waals surface area contributed by atoms with E-state index in [1.165, 1.54) is 30.6 Å². The Hall–Kier alpha value is -7.43. The summed E-state index contributed by atoms with van der Waals surface area (Å²) in [5, 5.41) is 8.90. The van der Waals surface area contributed by atoms with E-state index in [0.717, 1.165) is 27.3 Å². The first-order valence-corrected chi connectivity index (χ1v) is 22.7. The molecule has 0 spiro atoms. The van der Waals surface area contributed by atoms with E-state index in [2.05, 4.69) is 30.7 Å². The zero-order valence-electron chi connectivity index (χ0n) is 37.8. The van der Waals surface area contributed by atoms with Gasteiger partial charge in [0.1, 0.15) is 29.6 Å². The number of anilines is 3. The molecule has 1 atom stereocenters. The van der Waals surface area contributed by atoms with Crippen LogP contribution in [0.4, 0.5) is 30.4 Å². The highest BCUT2D eigenvalue weighted by molar-refractivity contribution is 6.25. The molecule has 1 fully saturated rings. The lowest BCUT2D eigenvalue weighted by molar-refractivity contribution is -0.274. The van der Waals surface area contributed by atoms with Gasteiger partial charge in [0, 0.05) is 62.2 Å². The Morgan fingerprint density at radius 3 is 2.41 bits per heavy atom. The molecular weight excluding hydrogens is 920 g/mol. The van der Waals surface area contributed by atoms with Crippen molar-refractivity contribution in [2.75, 3.05) is 75.2 Å². The van der Waals surface area contributed by atoms with Gasteiger partial charge in [0.25, 0.3) is 11.8 Å². The van der Waals surface area contributed by atoms with Crippen molar-refractivity contribution in [1.29, 1.82) is 0 Å². The lowest BCUT2D eigenvalue weighted by Gasteiger charge is -2.27. The third-order valence-corrected chi connectivity index (χ3v) is 11.9. The monoisotopic (exact) mass is 969 g/mol. The number of nitrogens with one attached hydrogen (secondary N) is 3. The number of rotatable bonds is 22. The Bertz CT molecular complexity index is 2800. The predicted octanol–water partition coefficient (Wildman–Crippen LogP) is 4.17. The van der Waals surface area contributed by atoms with E-state index in [-0.39, 0.29) is 74.2 Å². The Morgan fingerprint density at radius 2 is 1.63 bits per heavy atom. The first-order chi connectivity index (χ1) is 33.8. The lowest BCUT2D eigenvalue weighted by Crippen LogP contribution is -2.54. The summed E-state index contributed by atoms with van der Waals surface area (Å²) in [4.78, 5) is 87.4. The van der Waals surface area contributed by atoms with Gasteiger partial charge in [-0.15, -0.1) is 13.2 Å². The molecule has 8 rings (SSSR count). The van der Waals surface area contributed by atoms with E-state index in [0.29, 0.717) is 86.9 Å². The number of benzene rings is 3. The molecule has 3 aliphatic heterocycles. The molecule has 3 aliphatic rings. The van der Waals surface area contributed by atoms with E-state index in [1.54, 1.807) is 23.1 Å². The van der Waals surface area contributed by atoms with Crippen molar-refractivity contribution in [2.45, 2.75) is 57.5 Å². The highest BCUT2D eigenvalue weighted by atomic mass is 19.4. The second-order valence-electron chi connectivity index (χ2n) is 16.6. The van der Waals surface area contributed by atoms with Gasteiger partial charge in [-0.25, -0.2) is 9.97 Å². The molecule has 3 aromatic carbocycles. The molecule has 6 amide bonds. The van der Waals surface area contributed by atoms with E-state index in [9.17, 15) is 41.9 Å². The smallest absolute Gasteiger partial charge is 0.406 e. The van der Waals surface area contributed by atoms with Crippen LogP contribution in [0.25, 0.3) is 22.2 Å². The van der Waals surface area contributed by atoms with Crippen molar-refractivity contribution >= 4 is 63.7 Å².